The van der Waals surface area contributed by atoms with Gasteiger partial charge in [0.1, 0.15) is 0 Å². The first-order valence-corrected chi connectivity index (χ1v) is 21.8. The molecule has 6 aromatic carbocycles. The summed E-state index contributed by atoms with van der Waals surface area (Å²) in [5, 5.41) is 0. The van der Waals surface area contributed by atoms with E-state index in [1.165, 1.54) is 43.8 Å². The molecule has 62 heavy (non-hydrogen) atoms. The van der Waals surface area contributed by atoms with Gasteiger partial charge in [0.15, 0.2) is 5.84 Å². The van der Waals surface area contributed by atoms with Crippen molar-refractivity contribution in [2.45, 2.75) is 27.7 Å². The second kappa shape index (κ2) is 14.9. The van der Waals surface area contributed by atoms with E-state index < -0.39 is 5.41 Å². The van der Waals surface area contributed by atoms with E-state index in [1.54, 1.807) is 12.4 Å². The fourth-order valence-corrected chi connectivity index (χ4v) is 11.2. The Hall–Kier alpha value is -7.54. The van der Waals surface area contributed by atoms with E-state index in [4.69, 9.17) is 15.0 Å². The highest BCUT2D eigenvalue weighted by Crippen LogP contribution is 2.64. The molecule has 9 aromatic rings. The molecule has 12 rings (SSSR count). The van der Waals surface area contributed by atoms with Crippen molar-refractivity contribution in [2.24, 2.45) is 9.98 Å². The van der Waals surface area contributed by atoms with E-state index in [9.17, 15) is 0 Å². The molecule has 0 amide bonds. The molecule has 3 aliphatic rings. The molecule has 6 heteroatoms. The molecule has 1 atom stereocenters. The van der Waals surface area contributed by atoms with E-state index in [1.807, 2.05) is 36.3 Å². The first-order chi connectivity index (χ1) is 30.7. The summed E-state index contributed by atoms with van der Waals surface area (Å²) in [6.07, 6.45) is 8.10. The molecule has 5 nitrogen and oxygen atoms in total. The monoisotopic (exact) mass is 811 g/mol. The highest BCUT2D eigenvalue weighted by molar-refractivity contribution is 7.99. The van der Waals surface area contributed by atoms with Crippen molar-refractivity contribution in [3.05, 3.63) is 246 Å². The molecular formula is C56H37N5S. The number of hydrogen-bond donors (Lipinski definition) is 0. The fraction of sp³-hybridized carbons (Fsp3) is 0.0536. The van der Waals surface area contributed by atoms with E-state index in [0.717, 1.165) is 67.6 Å². The number of hydrogen-bond acceptors (Lipinski definition) is 6. The van der Waals surface area contributed by atoms with Crippen LogP contribution in [0.5, 0.6) is 0 Å². The van der Waals surface area contributed by atoms with Gasteiger partial charge < -0.3 is 0 Å². The predicted molar refractivity (Wildman–Crippen MR) is 251 cm³/mol. The van der Waals surface area contributed by atoms with Crippen LogP contribution in [0.15, 0.2) is 227 Å². The van der Waals surface area contributed by atoms with Crippen LogP contribution in [0.4, 0.5) is 0 Å². The largest absolute Gasteiger partial charge is 0.264 e. The Morgan fingerprint density at radius 3 is 1.58 bits per heavy atom. The summed E-state index contributed by atoms with van der Waals surface area (Å²) >= 11 is 1.84. The smallest absolute Gasteiger partial charge is 0.156 e. The lowest BCUT2D eigenvalue weighted by atomic mass is 9.66. The lowest BCUT2D eigenvalue weighted by Crippen LogP contribution is -2.33. The summed E-state index contributed by atoms with van der Waals surface area (Å²) in [6.45, 7) is 0. The summed E-state index contributed by atoms with van der Waals surface area (Å²) in [4.78, 5) is 27.5. The van der Waals surface area contributed by atoms with Gasteiger partial charge in [0.05, 0.1) is 28.6 Å². The lowest BCUT2D eigenvalue weighted by molar-refractivity contribution is 0.720. The quantitative estimate of drug-likeness (QED) is 0.168. The normalized spacial score (nSPS) is 15.5. The Balaban J connectivity index is 1.14. The molecule has 292 valence electrons. The maximum Gasteiger partial charge on any atom is 0.156 e. The van der Waals surface area contributed by atoms with E-state index >= 15 is 0 Å². The standard InChI is InChI=1S/C56H37N5S/c1-3-15-36(16-4-1)51-33-52(37-17-5-2-6-18-37)61-55(60-51)44-24-12-28-48-54(44)62-53-41(40-31-49(38-19-13-29-57-34-38)59-50(32-40)39-20-14-30-58-35-39)23-11-27-47(53)56(48)45-25-9-7-21-42(45)43-22-8-10-26-46(43)56/h1-32,34-35,51H,33H2. The van der Waals surface area contributed by atoms with Crippen LogP contribution in [0.2, 0.25) is 0 Å². The number of aliphatic imine (C=N–C) groups is 2. The summed E-state index contributed by atoms with van der Waals surface area (Å²) in [7, 11) is 0. The summed E-state index contributed by atoms with van der Waals surface area (Å²) in [5.41, 5.74) is 17.1. The van der Waals surface area contributed by atoms with Gasteiger partial charge in [0.25, 0.3) is 0 Å². The van der Waals surface area contributed by atoms with Gasteiger partial charge in [-0.3, -0.25) is 15.0 Å². The molecule has 1 unspecified atom stereocenters. The van der Waals surface area contributed by atoms with Gasteiger partial charge in [-0.05, 0) is 92.0 Å². The molecule has 0 saturated carbocycles. The molecular weight excluding hydrogens is 775 g/mol. The second-order valence-electron chi connectivity index (χ2n) is 15.9. The van der Waals surface area contributed by atoms with Crippen molar-refractivity contribution >= 4 is 23.3 Å². The third-order valence-corrected chi connectivity index (χ3v) is 13.8. The predicted octanol–water partition coefficient (Wildman–Crippen LogP) is 13.1. The minimum absolute atomic E-state index is 0.0818. The van der Waals surface area contributed by atoms with Gasteiger partial charge in [0.2, 0.25) is 0 Å². The van der Waals surface area contributed by atoms with Gasteiger partial charge in [-0.1, -0.05) is 157 Å². The van der Waals surface area contributed by atoms with Crippen molar-refractivity contribution < 1.29 is 0 Å². The van der Waals surface area contributed by atoms with Crippen LogP contribution in [-0.4, -0.2) is 26.5 Å². The Labute approximate surface area is 364 Å². The highest BCUT2D eigenvalue weighted by Gasteiger charge is 2.51. The van der Waals surface area contributed by atoms with Crippen LogP contribution in [0.25, 0.3) is 44.8 Å². The van der Waals surface area contributed by atoms with Crippen LogP contribution in [0.3, 0.4) is 0 Å². The zero-order chi connectivity index (χ0) is 41.0. The molecule has 0 radical (unpaired) electrons. The maximum atomic E-state index is 5.53. The van der Waals surface area contributed by atoms with Gasteiger partial charge in [-0.15, -0.1) is 0 Å². The molecule has 1 aliphatic carbocycles. The zero-order valence-corrected chi connectivity index (χ0v) is 34.4. The van der Waals surface area contributed by atoms with Crippen LogP contribution in [-0.2, 0) is 5.41 Å². The zero-order valence-electron chi connectivity index (χ0n) is 33.6. The summed E-state index contributed by atoms with van der Waals surface area (Å²) in [6, 6.07) is 65.2. The van der Waals surface area contributed by atoms with E-state index in [0.29, 0.717) is 0 Å². The molecule has 1 spiro atoms. The maximum absolute atomic E-state index is 5.53. The molecule has 3 aromatic heterocycles. The minimum Gasteiger partial charge on any atom is -0.264 e. The second-order valence-corrected chi connectivity index (χ2v) is 16.9. The number of nitrogens with zero attached hydrogens (tertiary/aromatic N) is 5. The SMILES string of the molecule is c1ccc(C2=NC(c3cccc4c3Sc3c(-c5cc(-c6cccnc6)nc(-c6cccnc6)c5)cccc3C43c4ccccc4-c4ccccc43)=NC(c3ccccc3)C2)cc1. The van der Waals surface area contributed by atoms with E-state index in [2.05, 4.69) is 180 Å². The Morgan fingerprint density at radius 1 is 0.452 bits per heavy atom. The molecule has 0 saturated heterocycles. The first-order valence-electron chi connectivity index (χ1n) is 21.0. The van der Waals surface area contributed by atoms with Crippen molar-refractivity contribution in [2.75, 3.05) is 0 Å². The van der Waals surface area contributed by atoms with Crippen molar-refractivity contribution in [3.63, 3.8) is 0 Å². The molecule has 2 aliphatic heterocycles. The molecule has 0 N–H and O–H groups in total. The summed E-state index contributed by atoms with van der Waals surface area (Å²) in [5.74, 6) is 0.755. The Morgan fingerprint density at radius 2 is 0.968 bits per heavy atom. The van der Waals surface area contributed by atoms with Gasteiger partial charge >= 0.3 is 0 Å². The van der Waals surface area contributed by atoms with Crippen LogP contribution in [0, 0.1) is 0 Å². The van der Waals surface area contributed by atoms with Gasteiger partial charge in [-0.25, -0.2) is 9.98 Å². The average Bonchev–Trinajstić information content (AvgIpc) is 3.65. The Kier molecular flexibility index (Phi) is 8.71. The minimum atomic E-state index is -0.611. The fourth-order valence-electron chi connectivity index (χ4n) is 9.75. The number of amidine groups is 1. The average molecular weight is 812 g/mol. The van der Waals surface area contributed by atoms with Gasteiger partial charge in [-0.2, -0.15) is 0 Å². The molecule has 0 fully saturated rings. The van der Waals surface area contributed by atoms with Gasteiger partial charge in [0, 0.05) is 57.7 Å². The van der Waals surface area contributed by atoms with Crippen LogP contribution in [0.1, 0.15) is 51.4 Å². The first kappa shape index (κ1) is 36.3. The number of rotatable bonds is 6. The number of fused-ring (bicyclic) bond motifs is 9. The third kappa shape index (κ3) is 5.82. The van der Waals surface area contributed by atoms with Crippen molar-refractivity contribution in [1.82, 2.24) is 15.0 Å². The molecule has 0 bridgehead atoms. The lowest BCUT2D eigenvalue weighted by Gasteiger charge is -2.41. The number of pyridine rings is 3. The third-order valence-electron chi connectivity index (χ3n) is 12.5. The molecule has 5 heterocycles. The summed E-state index contributed by atoms with van der Waals surface area (Å²) < 4.78 is 0. The van der Waals surface area contributed by atoms with Crippen molar-refractivity contribution in [1.29, 1.82) is 0 Å². The topological polar surface area (TPSA) is 63.4 Å². The highest BCUT2D eigenvalue weighted by atomic mass is 32.2. The number of benzene rings is 6. The van der Waals surface area contributed by atoms with Crippen LogP contribution >= 0.6 is 11.8 Å². The van der Waals surface area contributed by atoms with Crippen LogP contribution < -0.4 is 0 Å². The van der Waals surface area contributed by atoms with E-state index in [-0.39, 0.29) is 6.04 Å². The Bertz CT molecular complexity index is 3130. The number of aromatic nitrogens is 3. The van der Waals surface area contributed by atoms with Crippen molar-refractivity contribution in [3.8, 4) is 44.8 Å².